The van der Waals surface area contributed by atoms with Crippen LogP contribution in [0.5, 0.6) is 0 Å². The Hall–Kier alpha value is -1.66. The Morgan fingerprint density at radius 1 is 0.944 bits per heavy atom. The molecule has 0 aliphatic rings. The first kappa shape index (κ1) is 14.4. The fourth-order valence-corrected chi connectivity index (χ4v) is 1.93. The highest BCUT2D eigenvalue weighted by molar-refractivity contribution is 7.86. The number of benzene rings is 1. The summed E-state index contributed by atoms with van der Waals surface area (Å²) in [5.41, 5.74) is 0. The van der Waals surface area contributed by atoms with Crippen LogP contribution in [0, 0.1) is 41.4 Å². The molecule has 0 heterocycles. The molecule has 0 atom stereocenters. The van der Waals surface area contributed by atoms with Crippen LogP contribution in [0.1, 0.15) is 0 Å². The summed E-state index contributed by atoms with van der Waals surface area (Å²) in [5, 5.41) is 0. The van der Waals surface area contributed by atoms with Crippen molar-refractivity contribution >= 4 is 10.1 Å². The van der Waals surface area contributed by atoms with Gasteiger partial charge in [-0.1, -0.05) is 5.92 Å². The van der Waals surface area contributed by atoms with E-state index in [-0.39, 0.29) is 0 Å². The van der Waals surface area contributed by atoms with Gasteiger partial charge in [-0.15, -0.1) is 6.42 Å². The van der Waals surface area contributed by atoms with Crippen LogP contribution in [0.3, 0.4) is 0 Å². The Labute approximate surface area is 98.3 Å². The molecule has 0 saturated carbocycles. The third-order valence-corrected chi connectivity index (χ3v) is 3.00. The van der Waals surface area contributed by atoms with Crippen molar-refractivity contribution in [3.05, 3.63) is 29.1 Å². The first-order chi connectivity index (χ1) is 8.24. The maximum atomic E-state index is 13.1. The van der Waals surface area contributed by atoms with E-state index in [1.165, 1.54) is 0 Å². The fourth-order valence-electron chi connectivity index (χ4n) is 0.975. The van der Waals surface area contributed by atoms with Crippen LogP contribution in [0.25, 0.3) is 0 Å². The van der Waals surface area contributed by atoms with E-state index < -0.39 is 50.7 Å². The number of hydrogen-bond donors (Lipinski definition) is 0. The quantitative estimate of drug-likeness (QED) is 0.279. The Balaban J connectivity index is 3.58. The largest absolute Gasteiger partial charge is 0.304 e. The van der Waals surface area contributed by atoms with Crippen molar-refractivity contribution in [1.29, 1.82) is 0 Å². The van der Waals surface area contributed by atoms with Crippen molar-refractivity contribution in [2.24, 2.45) is 0 Å². The van der Waals surface area contributed by atoms with Crippen molar-refractivity contribution in [1.82, 2.24) is 0 Å². The normalized spacial score (nSPS) is 11.3. The molecular weight excluding hydrogens is 283 g/mol. The van der Waals surface area contributed by atoms with Crippen molar-refractivity contribution in [2.45, 2.75) is 4.90 Å². The van der Waals surface area contributed by atoms with E-state index >= 15 is 0 Å². The maximum Gasteiger partial charge on any atom is 0.304 e. The number of hydrogen-bond acceptors (Lipinski definition) is 3. The lowest BCUT2D eigenvalue weighted by Gasteiger charge is -2.07. The van der Waals surface area contributed by atoms with E-state index in [9.17, 15) is 30.4 Å². The van der Waals surface area contributed by atoms with Gasteiger partial charge in [0.05, 0.1) is 0 Å². The standard InChI is InChI=1S/C9H3F5O3S/c1-2-3-17-18(15,16)9-7(13)5(11)4(10)6(12)8(9)14/h1H,3H2. The average Bonchev–Trinajstić information content (AvgIpc) is 2.31. The van der Waals surface area contributed by atoms with Crippen LogP contribution in [0.2, 0.25) is 0 Å². The van der Waals surface area contributed by atoms with Crippen molar-refractivity contribution in [3.8, 4) is 12.3 Å². The molecule has 0 bridgehead atoms. The zero-order valence-electron chi connectivity index (χ0n) is 8.31. The van der Waals surface area contributed by atoms with Gasteiger partial charge in [0.15, 0.2) is 28.2 Å². The van der Waals surface area contributed by atoms with Crippen LogP contribution in [-0.4, -0.2) is 15.0 Å². The van der Waals surface area contributed by atoms with Crippen LogP contribution in [0.15, 0.2) is 4.90 Å². The Morgan fingerprint density at radius 2 is 1.33 bits per heavy atom. The maximum absolute atomic E-state index is 13.1. The molecule has 0 amide bonds. The van der Waals surface area contributed by atoms with E-state index in [1.54, 1.807) is 5.92 Å². The second kappa shape index (κ2) is 4.91. The predicted octanol–water partition coefficient (Wildman–Crippen LogP) is 1.72. The molecular formula is C9H3F5O3S. The summed E-state index contributed by atoms with van der Waals surface area (Å²) in [6.45, 7) is -0.915. The van der Waals surface area contributed by atoms with Crippen molar-refractivity contribution in [3.63, 3.8) is 0 Å². The lowest BCUT2D eigenvalue weighted by Crippen LogP contribution is -2.15. The van der Waals surface area contributed by atoms with Crippen molar-refractivity contribution < 1.29 is 34.6 Å². The molecule has 0 unspecified atom stereocenters. The van der Waals surface area contributed by atoms with Gasteiger partial charge in [-0.2, -0.15) is 8.42 Å². The van der Waals surface area contributed by atoms with Gasteiger partial charge < -0.3 is 0 Å². The Bertz CT molecular complexity index is 604. The lowest BCUT2D eigenvalue weighted by atomic mass is 10.3. The monoisotopic (exact) mass is 286 g/mol. The van der Waals surface area contributed by atoms with Gasteiger partial charge in [-0.3, -0.25) is 4.18 Å². The van der Waals surface area contributed by atoms with Gasteiger partial charge in [-0.25, -0.2) is 22.0 Å². The van der Waals surface area contributed by atoms with E-state index in [0.29, 0.717) is 0 Å². The summed E-state index contributed by atoms with van der Waals surface area (Å²) < 4.78 is 90.6. The molecule has 0 spiro atoms. The zero-order chi connectivity index (χ0) is 14.1. The van der Waals surface area contributed by atoms with Crippen LogP contribution in [-0.2, 0) is 14.3 Å². The fraction of sp³-hybridized carbons (Fsp3) is 0.111. The third-order valence-electron chi connectivity index (χ3n) is 1.72. The molecule has 0 fully saturated rings. The molecule has 0 radical (unpaired) electrons. The highest BCUT2D eigenvalue weighted by Crippen LogP contribution is 2.27. The molecule has 0 N–H and O–H groups in total. The van der Waals surface area contributed by atoms with E-state index in [0.717, 1.165) is 0 Å². The van der Waals surface area contributed by atoms with Gasteiger partial charge in [-0.05, 0) is 0 Å². The molecule has 98 valence electrons. The first-order valence-corrected chi connectivity index (χ1v) is 5.49. The second-order valence-corrected chi connectivity index (χ2v) is 4.37. The first-order valence-electron chi connectivity index (χ1n) is 4.08. The number of terminal acetylenes is 1. The summed E-state index contributed by atoms with van der Waals surface area (Å²) in [5.74, 6) is -10.6. The SMILES string of the molecule is C#CCOS(=O)(=O)c1c(F)c(F)c(F)c(F)c1F. The average molecular weight is 286 g/mol. The smallest absolute Gasteiger partial charge is 0.253 e. The minimum atomic E-state index is -5.18. The molecule has 1 rings (SSSR count). The summed E-state index contributed by atoms with van der Waals surface area (Å²) in [6.07, 6.45) is 4.64. The molecule has 0 aromatic heterocycles. The van der Waals surface area contributed by atoms with Gasteiger partial charge >= 0.3 is 10.1 Å². The molecule has 1 aromatic rings. The molecule has 0 aliphatic carbocycles. The molecule has 1 aromatic carbocycles. The predicted molar refractivity (Wildman–Crippen MR) is 48.2 cm³/mol. The topological polar surface area (TPSA) is 43.4 Å². The van der Waals surface area contributed by atoms with Crippen LogP contribution >= 0.6 is 0 Å². The molecule has 18 heavy (non-hydrogen) atoms. The minimum absolute atomic E-state index is 0.915. The van der Waals surface area contributed by atoms with E-state index in [4.69, 9.17) is 0 Å². The second-order valence-electron chi connectivity index (χ2n) is 2.82. The lowest BCUT2D eigenvalue weighted by molar-refractivity contribution is 0.331. The Morgan fingerprint density at radius 3 is 1.72 bits per heavy atom. The summed E-state index contributed by atoms with van der Waals surface area (Å²) in [7, 11) is -5.18. The van der Waals surface area contributed by atoms with E-state index in [1.807, 2.05) is 0 Å². The van der Waals surface area contributed by atoms with Gasteiger partial charge in [0, 0.05) is 0 Å². The minimum Gasteiger partial charge on any atom is -0.253 e. The summed E-state index contributed by atoms with van der Waals surface area (Å²) in [6, 6.07) is 0. The highest BCUT2D eigenvalue weighted by Gasteiger charge is 2.34. The number of rotatable bonds is 3. The van der Waals surface area contributed by atoms with Gasteiger partial charge in [0.2, 0.25) is 5.82 Å². The van der Waals surface area contributed by atoms with Gasteiger partial charge in [0.1, 0.15) is 6.61 Å². The molecule has 9 heteroatoms. The zero-order valence-corrected chi connectivity index (χ0v) is 9.12. The van der Waals surface area contributed by atoms with Gasteiger partial charge in [0.25, 0.3) is 0 Å². The number of halogens is 5. The highest BCUT2D eigenvalue weighted by atomic mass is 32.2. The van der Waals surface area contributed by atoms with Crippen molar-refractivity contribution in [2.75, 3.05) is 6.61 Å². The molecule has 0 aliphatic heterocycles. The third kappa shape index (κ3) is 2.30. The summed E-state index contributed by atoms with van der Waals surface area (Å²) >= 11 is 0. The van der Waals surface area contributed by atoms with E-state index in [2.05, 4.69) is 10.6 Å². The van der Waals surface area contributed by atoms with Crippen LogP contribution < -0.4 is 0 Å². The summed E-state index contributed by atoms with van der Waals surface area (Å²) in [4.78, 5) is -2.07. The molecule has 3 nitrogen and oxygen atoms in total. The Kier molecular flexibility index (Phi) is 3.93. The molecule has 0 saturated heterocycles. The van der Waals surface area contributed by atoms with Crippen LogP contribution in [0.4, 0.5) is 22.0 Å².